The fourth-order valence-corrected chi connectivity index (χ4v) is 1.51. The highest BCUT2D eigenvalue weighted by atomic mass is 16.7. The van der Waals surface area contributed by atoms with Crippen LogP contribution in [0.2, 0.25) is 0 Å². The fourth-order valence-electron chi connectivity index (χ4n) is 1.51. The van der Waals surface area contributed by atoms with E-state index in [0.29, 0.717) is 0 Å². The third-order valence-electron chi connectivity index (χ3n) is 2.17. The Hall–Kier alpha value is -0.240. The van der Waals surface area contributed by atoms with Crippen LogP contribution in [0, 0.1) is 0 Å². The van der Waals surface area contributed by atoms with Crippen molar-refractivity contribution >= 4 is 0 Å². The van der Waals surface area contributed by atoms with E-state index < -0.39 is 37.0 Å². The summed E-state index contributed by atoms with van der Waals surface area (Å²) in [5.41, 5.74) is 0. The molecule has 2 heterocycles. The summed E-state index contributed by atoms with van der Waals surface area (Å²) in [6, 6.07) is 0. The van der Waals surface area contributed by atoms with E-state index in [0.717, 1.165) is 0 Å². The van der Waals surface area contributed by atoms with Crippen molar-refractivity contribution in [2.75, 3.05) is 0 Å². The molecule has 2 aliphatic heterocycles. The highest BCUT2D eigenvalue weighted by Gasteiger charge is 2.55. The normalized spacial score (nSPS) is 59.0. The number of hydrogen-bond donors (Lipinski definition) is 4. The maximum atomic E-state index is 9.18. The molecule has 6 heteroatoms. The Morgan fingerprint density at radius 1 is 0.667 bits per heavy atom. The molecule has 6 unspecified atom stereocenters. The molecule has 0 saturated carbocycles. The van der Waals surface area contributed by atoms with Crippen LogP contribution in [0.15, 0.2) is 0 Å². The van der Waals surface area contributed by atoms with Gasteiger partial charge in [0.2, 0.25) is 0 Å². The summed E-state index contributed by atoms with van der Waals surface area (Å²) in [6.45, 7) is 0. The predicted molar refractivity (Wildman–Crippen MR) is 33.8 cm³/mol. The highest BCUT2D eigenvalue weighted by molar-refractivity contribution is 4.97. The fraction of sp³-hybridized carbons (Fsp3) is 1.00. The van der Waals surface area contributed by atoms with E-state index >= 15 is 0 Å². The van der Waals surface area contributed by atoms with Gasteiger partial charge < -0.3 is 29.9 Å². The van der Waals surface area contributed by atoms with Gasteiger partial charge in [-0.3, -0.25) is 0 Å². The van der Waals surface area contributed by atoms with Crippen LogP contribution in [0.1, 0.15) is 0 Å². The number of fused-ring (bicyclic) bond motifs is 1. The maximum absolute atomic E-state index is 9.18. The van der Waals surface area contributed by atoms with Gasteiger partial charge in [-0.25, -0.2) is 0 Å². The summed E-state index contributed by atoms with van der Waals surface area (Å²) in [6.07, 6.45) is -6.79. The molecule has 6 nitrogen and oxygen atoms in total. The largest absolute Gasteiger partial charge is 0.385 e. The molecule has 2 rings (SSSR count). The third kappa shape index (κ3) is 0.972. The van der Waals surface area contributed by atoms with E-state index in [4.69, 9.17) is 19.7 Å². The molecule has 0 spiro atoms. The van der Waals surface area contributed by atoms with E-state index in [1.165, 1.54) is 0 Å². The van der Waals surface area contributed by atoms with Crippen LogP contribution in [-0.2, 0) is 9.47 Å². The molecular formula is C6H10O6. The van der Waals surface area contributed by atoms with Gasteiger partial charge in [-0.1, -0.05) is 0 Å². The zero-order valence-electron chi connectivity index (χ0n) is 6.07. The lowest BCUT2D eigenvalue weighted by atomic mass is 10.1. The summed E-state index contributed by atoms with van der Waals surface area (Å²) in [5.74, 6) is 0. The van der Waals surface area contributed by atoms with Crippen molar-refractivity contribution in [2.45, 2.75) is 37.0 Å². The van der Waals surface area contributed by atoms with Gasteiger partial charge in [-0.05, 0) is 0 Å². The van der Waals surface area contributed by atoms with Crippen LogP contribution in [0.3, 0.4) is 0 Å². The molecule has 0 bridgehead atoms. The van der Waals surface area contributed by atoms with E-state index in [1.807, 2.05) is 0 Å². The Morgan fingerprint density at radius 3 is 1.33 bits per heavy atom. The summed E-state index contributed by atoms with van der Waals surface area (Å²) < 4.78 is 9.50. The summed E-state index contributed by atoms with van der Waals surface area (Å²) in [4.78, 5) is 0. The third-order valence-corrected chi connectivity index (χ3v) is 2.17. The lowest BCUT2D eigenvalue weighted by Gasteiger charge is -2.14. The van der Waals surface area contributed by atoms with Crippen molar-refractivity contribution in [3.63, 3.8) is 0 Å². The Balaban J connectivity index is 2.14. The highest BCUT2D eigenvalue weighted by Crippen LogP contribution is 2.32. The molecule has 0 amide bonds. The molecule has 6 atom stereocenters. The van der Waals surface area contributed by atoms with Crippen molar-refractivity contribution in [3.05, 3.63) is 0 Å². The molecule has 70 valence electrons. The quantitative estimate of drug-likeness (QED) is 0.318. The first-order valence-corrected chi connectivity index (χ1v) is 3.64. The van der Waals surface area contributed by atoms with Crippen LogP contribution in [0.5, 0.6) is 0 Å². The lowest BCUT2D eigenvalue weighted by molar-refractivity contribution is -0.192. The van der Waals surface area contributed by atoms with Crippen molar-refractivity contribution in [1.82, 2.24) is 0 Å². The SMILES string of the molecule is OC1OC2C(O)C(O)OC2C1O. The first-order chi connectivity index (χ1) is 5.61. The molecule has 0 radical (unpaired) electrons. The van der Waals surface area contributed by atoms with E-state index in [2.05, 4.69) is 0 Å². The molecule has 2 saturated heterocycles. The second-order valence-corrected chi connectivity index (χ2v) is 2.96. The number of ether oxygens (including phenoxy) is 2. The van der Waals surface area contributed by atoms with Gasteiger partial charge in [0.25, 0.3) is 0 Å². The average molecular weight is 178 g/mol. The number of aliphatic hydroxyl groups excluding tert-OH is 4. The lowest BCUT2D eigenvalue weighted by Crippen LogP contribution is -2.32. The van der Waals surface area contributed by atoms with E-state index in [9.17, 15) is 10.2 Å². The Kier molecular flexibility index (Phi) is 1.83. The van der Waals surface area contributed by atoms with Crippen LogP contribution < -0.4 is 0 Å². The van der Waals surface area contributed by atoms with E-state index in [1.54, 1.807) is 0 Å². The minimum absolute atomic E-state index is 0.843. The second-order valence-electron chi connectivity index (χ2n) is 2.96. The molecule has 2 fully saturated rings. The minimum Gasteiger partial charge on any atom is -0.385 e. The maximum Gasteiger partial charge on any atom is 0.184 e. The number of aliphatic hydroxyl groups is 4. The molecule has 0 aromatic heterocycles. The van der Waals surface area contributed by atoms with Crippen molar-refractivity contribution < 1.29 is 29.9 Å². The Bertz CT molecular complexity index is 165. The Morgan fingerprint density at radius 2 is 1.00 bits per heavy atom. The first-order valence-electron chi connectivity index (χ1n) is 3.64. The van der Waals surface area contributed by atoms with Crippen LogP contribution in [0.25, 0.3) is 0 Å². The Labute approximate surface area is 68.0 Å². The molecular weight excluding hydrogens is 168 g/mol. The van der Waals surface area contributed by atoms with Gasteiger partial charge in [0, 0.05) is 0 Å². The van der Waals surface area contributed by atoms with Crippen molar-refractivity contribution in [1.29, 1.82) is 0 Å². The van der Waals surface area contributed by atoms with Gasteiger partial charge >= 0.3 is 0 Å². The minimum atomic E-state index is -1.35. The van der Waals surface area contributed by atoms with Crippen molar-refractivity contribution in [3.8, 4) is 0 Å². The van der Waals surface area contributed by atoms with Gasteiger partial charge in [0.1, 0.15) is 24.4 Å². The topological polar surface area (TPSA) is 99.4 Å². The van der Waals surface area contributed by atoms with Crippen LogP contribution in [0.4, 0.5) is 0 Å². The van der Waals surface area contributed by atoms with Crippen LogP contribution >= 0.6 is 0 Å². The monoisotopic (exact) mass is 178 g/mol. The number of hydrogen-bond acceptors (Lipinski definition) is 6. The summed E-state index contributed by atoms with van der Waals surface area (Å²) in [5, 5.41) is 36.3. The van der Waals surface area contributed by atoms with Gasteiger partial charge in [-0.2, -0.15) is 0 Å². The van der Waals surface area contributed by atoms with Crippen LogP contribution in [-0.4, -0.2) is 57.4 Å². The molecule has 0 aromatic carbocycles. The van der Waals surface area contributed by atoms with Crippen molar-refractivity contribution in [2.24, 2.45) is 0 Å². The second kappa shape index (κ2) is 2.63. The summed E-state index contributed by atoms with van der Waals surface area (Å²) in [7, 11) is 0. The van der Waals surface area contributed by atoms with Gasteiger partial charge in [0.05, 0.1) is 0 Å². The summed E-state index contributed by atoms with van der Waals surface area (Å²) >= 11 is 0. The average Bonchev–Trinajstić information content (AvgIpc) is 2.43. The molecule has 0 aromatic rings. The predicted octanol–water partition coefficient (Wildman–Crippen LogP) is -2.86. The van der Waals surface area contributed by atoms with E-state index in [-0.39, 0.29) is 0 Å². The van der Waals surface area contributed by atoms with Gasteiger partial charge in [-0.15, -0.1) is 0 Å². The van der Waals surface area contributed by atoms with Gasteiger partial charge in [0.15, 0.2) is 12.6 Å². The first kappa shape index (κ1) is 8.36. The zero-order valence-corrected chi connectivity index (χ0v) is 6.07. The molecule has 2 aliphatic rings. The zero-order chi connectivity index (χ0) is 8.88. The molecule has 0 aliphatic carbocycles. The standard InChI is InChI=1S/C6H10O6/c7-1-3-4(12-5(1)9)2(8)6(10)11-3/h1-10H. The smallest absolute Gasteiger partial charge is 0.184 e. The number of rotatable bonds is 0. The molecule has 12 heavy (non-hydrogen) atoms. The molecule has 4 N–H and O–H groups in total.